The van der Waals surface area contributed by atoms with E-state index < -0.39 is 24.5 Å². The number of fused-ring (bicyclic) bond motifs is 3. The smallest absolute Gasteiger partial charge is 0.333 e. The van der Waals surface area contributed by atoms with E-state index in [9.17, 15) is 14.7 Å². The van der Waals surface area contributed by atoms with Gasteiger partial charge in [-0.25, -0.2) is 9.78 Å². The summed E-state index contributed by atoms with van der Waals surface area (Å²) in [7, 11) is 3.25. The van der Waals surface area contributed by atoms with Crippen LogP contribution in [-0.4, -0.2) is 82.1 Å². The molecule has 0 amide bonds. The number of hydrogen-bond donors (Lipinski definition) is 4. The van der Waals surface area contributed by atoms with Gasteiger partial charge in [-0.3, -0.25) is 9.79 Å². The summed E-state index contributed by atoms with van der Waals surface area (Å²) in [5, 5.41) is 34.4. The molecule has 37 heavy (non-hydrogen) atoms. The van der Waals surface area contributed by atoms with E-state index in [0.717, 1.165) is 41.0 Å². The minimum Gasteiger partial charge on any atom is -0.493 e. The van der Waals surface area contributed by atoms with Gasteiger partial charge in [-0.1, -0.05) is 0 Å². The Hall–Kier alpha value is -3.70. The predicted octanol–water partition coefficient (Wildman–Crippen LogP) is 2.25. The highest BCUT2D eigenvalue weighted by Crippen LogP contribution is 2.45. The molecule has 1 saturated carbocycles. The number of aliphatic carboxylic acids is 2. The SMILES string of the molecule is CCOc1cc2c(cc1OC)C(c1ccc(OC)nc1)=N[C@@H]1CC[C@@H](O)C[C@H]21.O=C(O)C[C@@H](O)C(=O)O. The third kappa shape index (κ3) is 6.75. The molecule has 1 aliphatic carbocycles. The molecule has 200 valence electrons. The number of aromatic nitrogens is 1. The number of carbonyl (C=O) groups is 2. The number of aliphatic hydroxyl groups excluding tert-OH is 2. The lowest BCUT2D eigenvalue weighted by atomic mass is 9.74. The van der Waals surface area contributed by atoms with Crippen molar-refractivity contribution < 1.29 is 44.2 Å². The van der Waals surface area contributed by atoms with Crippen molar-refractivity contribution in [3.63, 3.8) is 0 Å². The second-order valence-electron chi connectivity index (χ2n) is 8.68. The molecule has 2 heterocycles. The van der Waals surface area contributed by atoms with Gasteiger partial charge in [0.1, 0.15) is 0 Å². The lowest BCUT2D eigenvalue weighted by Crippen LogP contribution is -2.34. The quantitative estimate of drug-likeness (QED) is 0.408. The maximum Gasteiger partial charge on any atom is 0.333 e. The molecule has 0 unspecified atom stereocenters. The van der Waals surface area contributed by atoms with Crippen LogP contribution in [0.1, 0.15) is 55.2 Å². The first kappa shape index (κ1) is 27.9. The second-order valence-corrected chi connectivity index (χ2v) is 8.68. The van der Waals surface area contributed by atoms with Crippen LogP contribution in [-0.2, 0) is 9.59 Å². The Labute approximate surface area is 214 Å². The van der Waals surface area contributed by atoms with Crippen LogP contribution in [0.5, 0.6) is 17.4 Å². The first-order chi connectivity index (χ1) is 17.7. The van der Waals surface area contributed by atoms with Crippen LogP contribution in [0.25, 0.3) is 0 Å². The van der Waals surface area contributed by atoms with E-state index in [1.807, 2.05) is 25.1 Å². The molecule has 2 aliphatic rings. The number of benzene rings is 1. The number of ether oxygens (including phenoxy) is 3. The van der Waals surface area contributed by atoms with Crippen LogP contribution in [0.4, 0.5) is 0 Å². The third-order valence-corrected chi connectivity index (χ3v) is 6.24. The fourth-order valence-electron chi connectivity index (χ4n) is 4.50. The van der Waals surface area contributed by atoms with Gasteiger partial charge in [0.05, 0.1) is 45.1 Å². The van der Waals surface area contributed by atoms with E-state index >= 15 is 0 Å². The molecule has 11 nitrogen and oxygen atoms in total. The summed E-state index contributed by atoms with van der Waals surface area (Å²) in [6.45, 7) is 2.52. The molecule has 1 aromatic carbocycles. The average Bonchev–Trinajstić information content (AvgIpc) is 2.88. The van der Waals surface area contributed by atoms with Crippen molar-refractivity contribution in [1.82, 2.24) is 4.98 Å². The van der Waals surface area contributed by atoms with Gasteiger partial charge in [-0.2, -0.15) is 0 Å². The number of carboxylic acids is 2. The summed E-state index contributed by atoms with van der Waals surface area (Å²) in [6.07, 6.45) is 1.33. The third-order valence-electron chi connectivity index (χ3n) is 6.24. The number of hydrogen-bond acceptors (Lipinski definition) is 9. The van der Waals surface area contributed by atoms with E-state index in [1.54, 1.807) is 20.4 Å². The highest BCUT2D eigenvalue weighted by molar-refractivity contribution is 6.14. The molecule has 0 radical (unpaired) electrons. The molecule has 0 bridgehead atoms. The van der Waals surface area contributed by atoms with Crippen LogP contribution in [0.15, 0.2) is 35.5 Å². The zero-order chi connectivity index (χ0) is 27.1. The fourth-order valence-corrected chi connectivity index (χ4v) is 4.50. The number of pyridine rings is 1. The van der Waals surface area contributed by atoms with E-state index in [1.165, 1.54) is 0 Å². The molecule has 4 rings (SSSR count). The molecular weight excluding hydrogens is 484 g/mol. The number of nitrogens with zero attached hydrogens (tertiary/aromatic N) is 2. The largest absolute Gasteiger partial charge is 0.493 e. The van der Waals surface area contributed by atoms with Gasteiger partial charge in [-0.05, 0) is 49.9 Å². The van der Waals surface area contributed by atoms with Crippen molar-refractivity contribution in [2.24, 2.45) is 4.99 Å². The molecule has 1 fully saturated rings. The van der Waals surface area contributed by atoms with Crippen LogP contribution < -0.4 is 14.2 Å². The Morgan fingerprint density at radius 3 is 2.41 bits per heavy atom. The monoisotopic (exact) mass is 516 g/mol. The molecule has 1 aliphatic heterocycles. The molecule has 0 spiro atoms. The van der Waals surface area contributed by atoms with Gasteiger partial charge in [0.25, 0.3) is 0 Å². The fraction of sp³-hybridized carbons (Fsp3) is 0.462. The second kappa shape index (κ2) is 12.5. The Bertz CT molecular complexity index is 1130. The minimum atomic E-state index is -1.79. The summed E-state index contributed by atoms with van der Waals surface area (Å²) in [5.74, 6) is -0.675. The molecular formula is C26H32N2O9. The number of aliphatic imine (C=N–C) groups is 1. The van der Waals surface area contributed by atoms with Gasteiger partial charge in [0.2, 0.25) is 5.88 Å². The van der Waals surface area contributed by atoms with Gasteiger partial charge < -0.3 is 34.6 Å². The number of carboxylic acid groups (broad SMARTS) is 2. The summed E-state index contributed by atoms with van der Waals surface area (Å²) in [5.41, 5.74) is 4.03. The van der Waals surface area contributed by atoms with Gasteiger partial charge in [0.15, 0.2) is 17.6 Å². The van der Waals surface area contributed by atoms with Crippen molar-refractivity contribution in [3.8, 4) is 17.4 Å². The maximum atomic E-state index is 10.3. The standard InChI is InChI=1S/C22H26N2O4.C4H6O5/c1-4-28-20-10-15-16-9-14(25)6-7-18(16)24-22(17(15)11-19(20)26-2)13-5-8-21(27-3)23-12-13;5-2(4(8)9)1-3(6)7/h5,8,10-12,14,16,18,25H,4,6-7,9H2,1-3H3;2,5H,1H2,(H,6,7)(H,8,9)/t14-,16-,18-;2-/m11/s1. The number of methoxy groups -OCH3 is 2. The molecule has 0 saturated heterocycles. The van der Waals surface area contributed by atoms with E-state index in [-0.39, 0.29) is 18.1 Å². The Kier molecular flexibility index (Phi) is 9.42. The Balaban J connectivity index is 0.000000364. The van der Waals surface area contributed by atoms with Crippen LogP contribution in [0.2, 0.25) is 0 Å². The van der Waals surface area contributed by atoms with Crippen molar-refractivity contribution in [2.45, 2.75) is 56.8 Å². The van der Waals surface area contributed by atoms with Crippen LogP contribution in [0.3, 0.4) is 0 Å². The minimum absolute atomic E-state index is 0.149. The van der Waals surface area contributed by atoms with Crippen LogP contribution in [0, 0.1) is 0 Å². The van der Waals surface area contributed by atoms with Crippen molar-refractivity contribution in [2.75, 3.05) is 20.8 Å². The topological polar surface area (TPSA) is 168 Å². The molecule has 11 heteroatoms. The van der Waals surface area contributed by atoms with E-state index in [2.05, 4.69) is 11.1 Å². The normalized spacial score (nSPS) is 20.7. The Morgan fingerprint density at radius 1 is 1.11 bits per heavy atom. The highest BCUT2D eigenvalue weighted by atomic mass is 16.5. The zero-order valence-corrected chi connectivity index (χ0v) is 21.0. The lowest BCUT2D eigenvalue weighted by Gasteiger charge is -2.37. The summed E-state index contributed by atoms with van der Waals surface area (Å²) in [4.78, 5) is 28.8. The van der Waals surface area contributed by atoms with Gasteiger partial charge >= 0.3 is 11.9 Å². The Morgan fingerprint density at radius 2 is 1.86 bits per heavy atom. The molecule has 4 N–H and O–H groups in total. The number of aliphatic hydroxyl groups is 2. The van der Waals surface area contributed by atoms with E-state index in [0.29, 0.717) is 24.7 Å². The van der Waals surface area contributed by atoms with Gasteiger partial charge in [-0.15, -0.1) is 0 Å². The zero-order valence-electron chi connectivity index (χ0n) is 21.0. The van der Waals surface area contributed by atoms with Crippen LogP contribution >= 0.6 is 0 Å². The highest BCUT2D eigenvalue weighted by Gasteiger charge is 2.37. The summed E-state index contributed by atoms with van der Waals surface area (Å²) < 4.78 is 16.6. The molecule has 4 atom stereocenters. The summed E-state index contributed by atoms with van der Waals surface area (Å²) >= 11 is 0. The first-order valence-electron chi connectivity index (χ1n) is 11.9. The average molecular weight is 517 g/mol. The molecule has 1 aromatic heterocycles. The van der Waals surface area contributed by atoms with E-state index in [4.69, 9.17) is 34.5 Å². The predicted molar refractivity (Wildman–Crippen MR) is 133 cm³/mol. The lowest BCUT2D eigenvalue weighted by molar-refractivity contribution is -0.152. The first-order valence-corrected chi connectivity index (χ1v) is 11.9. The summed E-state index contributed by atoms with van der Waals surface area (Å²) in [6, 6.07) is 8.05. The maximum absolute atomic E-state index is 10.3. The van der Waals surface area contributed by atoms with Gasteiger partial charge in [0, 0.05) is 29.3 Å². The van der Waals surface area contributed by atoms with Crippen molar-refractivity contribution >= 4 is 17.7 Å². The van der Waals surface area contributed by atoms with Crippen molar-refractivity contribution in [1.29, 1.82) is 0 Å². The molecule has 2 aromatic rings. The van der Waals surface area contributed by atoms with Crippen molar-refractivity contribution in [3.05, 3.63) is 47.2 Å². The number of rotatable bonds is 8.